The predicted octanol–water partition coefficient (Wildman–Crippen LogP) is 2.65. The van der Waals surface area contributed by atoms with E-state index in [-0.39, 0.29) is 0 Å². The van der Waals surface area contributed by atoms with Gasteiger partial charge in [-0.3, -0.25) is 0 Å². The molecule has 1 saturated carbocycles. The largest absolute Gasteiger partial charge is 0.327 e. The van der Waals surface area contributed by atoms with Crippen LogP contribution in [-0.2, 0) is 0 Å². The van der Waals surface area contributed by atoms with E-state index in [4.69, 9.17) is 5.73 Å². The molecule has 0 bridgehead atoms. The van der Waals surface area contributed by atoms with Gasteiger partial charge in [-0.05, 0) is 12.3 Å². The summed E-state index contributed by atoms with van der Waals surface area (Å²) in [5.74, 6) is 2.10. The highest BCUT2D eigenvalue weighted by Gasteiger charge is 2.24. The normalized spacial score (nSPS) is 21.0. The summed E-state index contributed by atoms with van der Waals surface area (Å²) in [6.45, 7) is 6.75. The molecule has 1 atom stereocenters. The average Bonchev–Trinajstić information content (AvgIpc) is 2.66. The molecule has 1 fully saturated rings. The Morgan fingerprint density at radius 2 is 2.00 bits per heavy atom. The predicted molar refractivity (Wildman–Crippen MR) is 57.5 cm³/mol. The van der Waals surface area contributed by atoms with E-state index < -0.39 is 0 Å². The van der Waals surface area contributed by atoms with Gasteiger partial charge in [-0.25, -0.2) is 0 Å². The second kappa shape index (κ2) is 4.01. The summed E-state index contributed by atoms with van der Waals surface area (Å²) in [6, 6.07) is 0.432. The lowest BCUT2D eigenvalue weighted by Crippen LogP contribution is -2.26. The molecule has 1 aliphatic rings. The van der Waals surface area contributed by atoms with Crippen molar-refractivity contribution in [3.63, 3.8) is 0 Å². The van der Waals surface area contributed by atoms with Crippen molar-refractivity contribution >= 4 is 11.8 Å². The maximum Gasteiger partial charge on any atom is 0.0133 e. The molecule has 2 heteroatoms. The van der Waals surface area contributed by atoms with Gasteiger partial charge in [0.05, 0.1) is 0 Å². The molecular weight excluding hydrogens is 166 g/mol. The van der Waals surface area contributed by atoms with E-state index in [1.54, 1.807) is 0 Å². The molecular formula is C10H21NS. The second-order valence-electron chi connectivity index (χ2n) is 4.86. The zero-order chi connectivity index (χ0) is 9.19. The van der Waals surface area contributed by atoms with Crippen molar-refractivity contribution in [2.75, 3.05) is 5.75 Å². The molecule has 2 N–H and O–H groups in total. The average molecular weight is 187 g/mol. The van der Waals surface area contributed by atoms with Gasteiger partial charge in [-0.2, -0.15) is 11.8 Å². The van der Waals surface area contributed by atoms with E-state index in [2.05, 4.69) is 20.8 Å². The molecule has 1 unspecified atom stereocenters. The van der Waals surface area contributed by atoms with Crippen LogP contribution in [0.3, 0.4) is 0 Å². The van der Waals surface area contributed by atoms with Crippen LogP contribution in [0, 0.1) is 5.92 Å². The molecule has 0 radical (unpaired) electrons. The molecule has 0 aromatic heterocycles. The smallest absolute Gasteiger partial charge is 0.0133 e. The van der Waals surface area contributed by atoms with Crippen LogP contribution in [-0.4, -0.2) is 16.5 Å². The van der Waals surface area contributed by atoms with Crippen LogP contribution in [0.15, 0.2) is 0 Å². The van der Waals surface area contributed by atoms with Gasteiger partial charge in [-0.15, -0.1) is 0 Å². The van der Waals surface area contributed by atoms with Gasteiger partial charge >= 0.3 is 0 Å². The van der Waals surface area contributed by atoms with Crippen LogP contribution < -0.4 is 5.73 Å². The highest BCUT2D eigenvalue weighted by molar-refractivity contribution is 8.00. The number of hydrogen-bond acceptors (Lipinski definition) is 2. The van der Waals surface area contributed by atoms with Crippen LogP contribution >= 0.6 is 11.8 Å². The Hall–Kier alpha value is 0.310. The Morgan fingerprint density at radius 1 is 1.42 bits per heavy atom. The summed E-state index contributed by atoms with van der Waals surface area (Å²) in [4.78, 5) is 0. The summed E-state index contributed by atoms with van der Waals surface area (Å²) in [6.07, 6.45) is 4.10. The highest BCUT2D eigenvalue weighted by Crippen LogP contribution is 2.34. The standard InChI is InChI=1S/C10H21NS/c1-10(2,3)12-7-9(11)6-8-4-5-8/h8-9H,4-7,11H2,1-3H3. The van der Waals surface area contributed by atoms with Crippen molar-refractivity contribution in [1.29, 1.82) is 0 Å². The molecule has 72 valence electrons. The second-order valence-corrected chi connectivity index (χ2v) is 6.71. The van der Waals surface area contributed by atoms with E-state index in [9.17, 15) is 0 Å². The summed E-state index contributed by atoms with van der Waals surface area (Å²) >= 11 is 1.99. The minimum atomic E-state index is 0.376. The topological polar surface area (TPSA) is 26.0 Å². The molecule has 0 saturated heterocycles. The van der Waals surface area contributed by atoms with Crippen molar-refractivity contribution in [3.05, 3.63) is 0 Å². The molecule has 1 nitrogen and oxygen atoms in total. The third kappa shape index (κ3) is 5.04. The van der Waals surface area contributed by atoms with Crippen molar-refractivity contribution in [2.45, 2.75) is 50.8 Å². The van der Waals surface area contributed by atoms with Crippen molar-refractivity contribution in [3.8, 4) is 0 Å². The zero-order valence-electron chi connectivity index (χ0n) is 8.47. The first-order valence-corrected chi connectivity index (χ1v) is 5.85. The van der Waals surface area contributed by atoms with Crippen LogP contribution in [0.1, 0.15) is 40.0 Å². The lowest BCUT2D eigenvalue weighted by atomic mass is 10.2. The van der Waals surface area contributed by atoms with Gasteiger partial charge in [0.1, 0.15) is 0 Å². The van der Waals surface area contributed by atoms with Crippen LogP contribution in [0.5, 0.6) is 0 Å². The SMILES string of the molecule is CC(C)(C)SCC(N)CC1CC1. The van der Waals surface area contributed by atoms with Crippen molar-refractivity contribution in [1.82, 2.24) is 0 Å². The Kier molecular flexibility index (Phi) is 3.47. The van der Waals surface area contributed by atoms with E-state index >= 15 is 0 Å². The van der Waals surface area contributed by atoms with E-state index in [0.29, 0.717) is 10.8 Å². The molecule has 0 aliphatic heterocycles. The van der Waals surface area contributed by atoms with Gasteiger partial charge < -0.3 is 5.73 Å². The Labute approximate surface area is 80.5 Å². The number of nitrogens with two attached hydrogens (primary N) is 1. The molecule has 0 amide bonds. The zero-order valence-corrected chi connectivity index (χ0v) is 9.29. The van der Waals surface area contributed by atoms with E-state index in [1.807, 2.05) is 11.8 Å². The molecule has 0 spiro atoms. The quantitative estimate of drug-likeness (QED) is 0.732. The minimum absolute atomic E-state index is 0.376. The summed E-state index contributed by atoms with van der Waals surface area (Å²) in [5, 5.41) is 0. The van der Waals surface area contributed by atoms with Gasteiger partial charge in [-0.1, -0.05) is 33.6 Å². The highest BCUT2D eigenvalue weighted by atomic mass is 32.2. The third-order valence-electron chi connectivity index (χ3n) is 2.06. The molecule has 12 heavy (non-hydrogen) atoms. The Balaban J connectivity index is 2.04. The van der Waals surface area contributed by atoms with Crippen molar-refractivity contribution < 1.29 is 0 Å². The first-order valence-electron chi connectivity index (χ1n) is 4.87. The number of thioether (sulfide) groups is 1. The molecule has 1 rings (SSSR count). The molecule has 0 aromatic rings. The summed E-state index contributed by atoms with van der Waals surface area (Å²) < 4.78 is 0.376. The lowest BCUT2D eigenvalue weighted by molar-refractivity contribution is 0.614. The van der Waals surface area contributed by atoms with Crippen molar-refractivity contribution in [2.24, 2.45) is 11.7 Å². The maximum atomic E-state index is 6.00. The Bertz CT molecular complexity index is 135. The Morgan fingerprint density at radius 3 is 2.42 bits per heavy atom. The maximum absolute atomic E-state index is 6.00. The molecule has 0 heterocycles. The monoisotopic (exact) mass is 187 g/mol. The minimum Gasteiger partial charge on any atom is -0.327 e. The fourth-order valence-corrected chi connectivity index (χ4v) is 2.06. The van der Waals surface area contributed by atoms with E-state index in [0.717, 1.165) is 11.7 Å². The lowest BCUT2D eigenvalue weighted by Gasteiger charge is -2.20. The fraction of sp³-hybridized carbons (Fsp3) is 1.00. The van der Waals surface area contributed by atoms with Crippen LogP contribution in [0.2, 0.25) is 0 Å². The van der Waals surface area contributed by atoms with Crippen LogP contribution in [0.4, 0.5) is 0 Å². The number of rotatable bonds is 4. The van der Waals surface area contributed by atoms with Crippen LogP contribution in [0.25, 0.3) is 0 Å². The van der Waals surface area contributed by atoms with Gasteiger partial charge in [0.2, 0.25) is 0 Å². The molecule has 1 aliphatic carbocycles. The first kappa shape index (κ1) is 10.4. The fourth-order valence-electron chi connectivity index (χ4n) is 1.21. The summed E-state index contributed by atoms with van der Waals surface area (Å²) in [5.41, 5.74) is 6.00. The van der Waals surface area contributed by atoms with Gasteiger partial charge in [0, 0.05) is 16.5 Å². The molecule has 0 aromatic carbocycles. The third-order valence-corrected chi connectivity index (χ3v) is 3.52. The first-order chi connectivity index (χ1) is 5.47. The van der Waals surface area contributed by atoms with Gasteiger partial charge in [0.15, 0.2) is 0 Å². The van der Waals surface area contributed by atoms with Gasteiger partial charge in [0.25, 0.3) is 0 Å². The summed E-state index contributed by atoms with van der Waals surface area (Å²) in [7, 11) is 0. The number of hydrogen-bond donors (Lipinski definition) is 1. The van der Waals surface area contributed by atoms with E-state index in [1.165, 1.54) is 19.3 Å².